The number of hydrogen-bond donors (Lipinski definition) is 1. The van der Waals surface area contributed by atoms with Gasteiger partial charge in [-0.15, -0.1) is 0 Å². The first-order valence-corrected chi connectivity index (χ1v) is 5.58. The highest BCUT2D eigenvalue weighted by Crippen LogP contribution is 2.45. The van der Waals surface area contributed by atoms with Gasteiger partial charge >= 0.3 is 0 Å². The molecule has 1 aliphatic heterocycles. The number of ether oxygens (including phenoxy) is 1. The van der Waals surface area contributed by atoms with Crippen LogP contribution in [0, 0.1) is 5.41 Å². The molecule has 2 rings (SSSR count). The molecule has 2 nitrogen and oxygen atoms in total. The van der Waals surface area contributed by atoms with E-state index in [4.69, 9.17) is 4.74 Å². The second-order valence-corrected chi connectivity index (χ2v) is 5.43. The molecule has 0 radical (unpaired) electrons. The largest absolute Gasteiger partial charge is 0.495 e. The maximum absolute atomic E-state index is 10.5. The lowest BCUT2D eigenvalue weighted by atomic mass is 9.69. The summed E-state index contributed by atoms with van der Waals surface area (Å²) in [5.74, 6) is 0.838. The van der Waals surface area contributed by atoms with E-state index in [1.54, 1.807) is 0 Å². The van der Waals surface area contributed by atoms with E-state index in [-0.39, 0.29) is 5.41 Å². The van der Waals surface area contributed by atoms with Gasteiger partial charge in [-0.3, -0.25) is 0 Å². The number of aliphatic hydroxyl groups is 1. The van der Waals surface area contributed by atoms with Crippen LogP contribution >= 0.6 is 0 Å². The van der Waals surface area contributed by atoms with Crippen molar-refractivity contribution >= 4 is 0 Å². The highest BCUT2D eigenvalue weighted by molar-refractivity contribution is 5.15. The molecule has 80 valence electrons. The average molecular weight is 196 g/mol. The fraction of sp³-hybridized carbons (Fsp3) is 0.833. The summed E-state index contributed by atoms with van der Waals surface area (Å²) in [7, 11) is 0. The van der Waals surface area contributed by atoms with E-state index in [0.717, 1.165) is 38.0 Å². The molecule has 1 fully saturated rings. The third-order valence-corrected chi connectivity index (χ3v) is 3.38. The predicted molar refractivity (Wildman–Crippen MR) is 55.9 cm³/mol. The van der Waals surface area contributed by atoms with Gasteiger partial charge in [-0.25, -0.2) is 0 Å². The Morgan fingerprint density at radius 2 is 2.14 bits per heavy atom. The molecule has 1 atom stereocenters. The molecule has 2 aliphatic rings. The van der Waals surface area contributed by atoms with Gasteiger partial charge in [-0.2, -0.15) is 0 Å². The normalized spacial score (nSPS) is 36.4. The molecule has 0 amide bonds. The molecule has 1 heterocycles. The van der Waals surface area contributed by atoms with Crippen molar-refractivity contribution in [3.63, 3.8) is 0 Å². The lowest BCUT2D eigenvalue weighted by Crippen LogP contribution is -2.40. The van der Waals surface area contributed by atoms with Crippen LogP contribution in [0.2, 0.25) is 0 Å². The van der Waals surface area contributed by atoms with Crippen molar-refractivity contribution < 1.29 is 9.84 Å². The Kier molecular flexibility index (Phi) is 2.34. The minimum absolute atomic E-state index is 0.250. The molecule has 0 bridgehead atoms. The van der Waals surface area contributed by atoms with Crippen LogP contribution in [0.1, 0.15) is 46.0 Å². The Morgan fingerprint density at radius 3 is 2.71 bits per heavy atom. The highest BCUT2D eigenvalue weighted by Gasteiger charge is 2.42. The topological polar surface area (TPSA) is 29.5 Å². The molecular weight excluding hydrogens is 176 g/mol. The minimum atomic E-state index is -0.668. The first-order valence-electron chi connectivity index (χ1n) is 5.58. The second kappa shape index (κ2) is 3.27. The van der Waals surface area contributed by atoms with Crippen molar-refractivity contribution in [3.05, 3.63) is 11.8 Å². The summed E-state index contributed by atoms with van der Waals surface area (Å²) >= 11 is 0. The molecule has 1 N–H and O–H groups in total. The molecule has 0 aromatic carbocycles. The van der Waals surface area contributed by atoms with Crippen LogP contribution in [0.25, 0.3) is 0 Å². The van der Waals surface area contributed by atoms with Gasteiger partial charge in [-0.05, 0) is 37.2 Å². The molecule has 0 saturated heterocycles. The van der Waals surface area contributed by atoms with Crippen LogP contribution in [0.5, 0.6) is 0 Å². The van der Waals surface area contributed by atoms with Gasteiger partial charge in [-0.1, -0.05) is 13.8 Å². The fourth-order valence-electron chi connectivity index (χ4n) is 2.78. The number of rotatable bonds is 1. The van der Waals surface area contributed by atoms with E-state index < -0.39 is 5.60 Å². The van der Waals surface area contributed by atoms with Gasteiger partial charge in [0.05, 0.1) is 6.61 Å². The van der Waals surface area contributed by atoms with E-state index >= 15 is 0 Å². The zero-order valence-corrected chi connectivity index (χ0v) is 9.18. The molecule has 0 spiro atoms. The first kappa shape index (κ1) is 10.0. The van der Waals surface area contributed by atoms with E-state index in [0.29, 0.717) is 0 Å². The van der Waals surface area contributed by atoms with Crippen LogP contribution in [0.4, 0.5) is 0 Å². The van der Waals surface area contributed by atoms with Gasteiger partial charge in [0.25, 0.3) is 0 Å². The molecule has 0 aromatic heterocycles. The Hall–Kier alpha value is -0.500. The van der Waals surface area contributed by atoms with Crippen LogP contribution in [0.3, 0.4) is 0 Å². The van der Waals surface area contributed by atoms with Gasteiger partial charge in [0.2, 0.25) is 0 Å². The van der Waals surface area contributed by atoms with Gasteiger partial charge in [0, 0.05) is 6.42 Å². The molecule has 14 heavy (non-hydrogen) atoms. The summed E-state index contributed by atoms with van der Waals surface area (Å²) in [6, 6.07) is 0. The third kappa shape index (κ3) is 1.81. The van der Waals surface area contributed by atoms with Crippen molar-refractivity contribution in [1.82, 2.24) is 0 Å². The Labute approximate surface area is 86.0 Å². The van der Waals surface area contributed by atoms with Crippen molar-refractivity contribution in [2.45, 2.75) is 51.6 Å². The van der Waals surface area contributed by atoms with E-state index in [1.807, 2.05) is 0 Å². The quantitative estimate of drug-likeness (QED) is 0.698. The summed E-state index contributed by atoms with van der Waals surface area (Å²) in [4.78, 5) is 0. The van der Waals surface area contributed by atoms with Crippen molar-refractivity contribution in [2.75, 3.05) is 6.61 Å². The van der Waals surface area contributed by atoms with E-state index in [1.165, 1.54) is 6.42 Å². The molecule has 1 aliphatic carbocycles. The standard InChI is InChI=1S/C12H20O2/c1-11(2)6-4-7-12(13,9-11)10-5-3-8-14-10/h5,13H,3-4,6-9H2,1-2H3. The number of hydrogen-bond acceptors (Lipinski definition) is 2. The van der Waals surface area contributed by atoms with Crippen LogP contribution < -0.4 is 0 Å². The van der Waals surface area contributed by atoms with Gasteiger partial charge in [0.1, 0.15) is 11.4 Å². The zero-order valence-electron chi connectivity index (χ0n) is 9.18. The fourth-order valence-corrected chi connectivity index (χ4v) is 2.78. The summed E-state index contributed by atoms with van der Waals surface area (Å²) in [6.45, 7) is 5.21. The summed E-state index contributed by atoms with van der Waals surface area (Å²) in [5, 5.41) is 10.5. The molecule has 2 heteroatoms. The summed E-state index contributed by atoms with van der Waals surface area (Å²) in [5.41, 5.74) is -0.419. The van der Waals surface area contributed by atoms with Gasteiger partial charge in [0.15, 0.2) is 0 Å². The van der Waals surface area contributed by atoms with Crippen LogP contribution in [-0.4, -0.2) is 17.3 Å². The minimum Gasteiger partial charge on any atom is -0.495 e. The highest BCUT2D eigenvalue weighted by atomic mass is 16.5. The van der Waals surface area contributed by atoms with E-state index in [9.17, 15) is 5.11 Å². The molecule has 0 aromatic rings. The average Bonchev–Trinajstić information content (AvgIpc) is 2.52. The van der Waals surface area contributed by atoms with E-state index in [2.05, 4.69) is 19.9 Å². The van der Waals surface area contributed by atoms with Crippen molar-refractivity contribution in [1.29, 1.82) is 0 Å². The predicted octanol–water partition coefficient (Wildman–Crippen LogP) is 2.62. The maximum Gasteiger partial charge on any atom is 0.124 e. The molecule has 1 saturated carbocycles. The maximum atomic E-state index is 10.5. The summed E-state index contributed by atoms with van der Waals surface area (Å²) in [6.07, 6.45) is 7.03. The van der Waals surface area contributed by atoms with Crippen molar-refractivity contribution in [2.24, 2.45) is 5.41 Å². The Balaban J connectivity index is 2.14. The van der Waals surface area contributed by atoms with Gasteiger partial charge < -0.3 is 9.84 Å². The second-order valence-electron chi connectivity index (χ2n) is 5.43. The lowest BCUT2D eigenvalue weighted by molar-refractivity contribution is -0.0455. The lowest BCUT2D eigenvalue weighted by Gasteiger charge is -2.41. The SMILES string of the molecule is CC1(C)CCCC(O)(C2=CCCO2)C1. The van der Waals surface area contributed by atoms with Crippen LogP contribution in [0.15, 0.2) is 11.8 Å². The van der Waals surface area contributed by atoms with Crippen LogP contribution in [-0.2, 0) is 4.74 Å². The first-order chi connectivity index (χ1) is 6.52. The third-order valence-electron chi connectivity index (χ3n) is 3.38. The molecular formula is C12H20O2. The monoisotopic (exact) mass is 196 g/mol. The Morgan fingerprint density at radius 1 is 1.36 bits per heavy atom. The molecule has 1 unspecified atom stereocenters. The van der Waals surface area contributed by atoms with Crippen molar-refractivity contribution in [3.8, 4) is 0 Å². The summed E-state index contributed by atoms with van der Waals surface area (Å²) < 4.78 is 5.50. The smallest absolute Gasteiger partial charge is 0.124 e. The Bertz CT molecular complexity index is 255. The zero-order chi connectivity index (χ0) is 10.2.